The molecular formula is C22H26F2N2O2. The van der Waals surface area contributed by atoms with Crippen LogP contribution in [0.2, 0.25) is 0 Å². The van der Waals surface area contributed by atoms with Crippen LogP contribution >= 0.6 is 0 Å². The van der Waals surface area contributed by atoms with Crippen LogP contribution in [0.15, 0.2) is 66.3 Å². The quantitative estimate of drug-likeness (QED) is 0.384. The summed E-state index contributed by atoms with van der Waals surface area (Å²) in [7, 11) is 0. The Balaban J connectivity index is 2.94. The zero-order chi connectivity index (χ0) is 20.9. The van der Waals surface area contributed by atoms with Gasteiger partial charge in [-0.05, 0) is 50.1 Å². The maximum Gasteiger partial charge on any atom is 0.244 e. The molecule has 0 aliphatic heterocycles. The van der Waals surface area contributed by atoms with Crippen molar-refractivity contribution in [2.45, 2.75) is 33.2 Å². The van der Waals surface area contributed by atoms with Crippen LogP contribution in [-0.2, 0) is 16.0 Å². The third-order valence-corrected chi connectivity index (χ3v) is 3.74. The van der Waals surface area contributed by atoms with Gasteiger partial charge in [-0.3, -0.25) is 9.59 Å². The molecule has 0 aliphatic carbocycles. The molecule has 0 fully saturated rings. The van der Waals surface area contributed by atoms with Crippen molar-refractivity contribution < 1.29 is 18.4 Å². The molecule has 0 bridgehead atoms. The van der Waals surface area contributed by atoms with Gasteiger partial charge in [0.2, 0.25) is 11.8 Å². The van der Waals surface area contributed by atoms with Gasteiger partial charge in [0.15, 0.2) is 0 Å². The number of benzene rings is 1. The van der Waals surface area contributed by atoms with E-state index in [0.29, 0.717) is 6.54 Å². The summed E-state index contributed by atoms with van der Waals surface area (Å²) < 4.78 is 26.9. The molecule has 0 unspecified atom stereocenters. The summed E-state index contributed by atoms with van der Waals surface area (Å²) in [5.41, 5.74) is 1.11. The number of amides is 2. The van der Waals surface area contributed by atoms with E-state index in [9.17, 15) is 18.4 Å². The Hall–Kier alpha value is -3.02. The van der Waals surface area contributed by atoms with E-state index in [0.717, 1.165) is 23.8 Å². The molecule has 0 saturated heterocycles. The van der Waals surface area contributed by atoms with E-state index < -0.39 is 29.5 Å². The standard InChI is InChI=1S/C22H26F2N2O2/c1-4-7-11-25-22(28)20(14-17-12-18(23)15-19(24)13-17)26-21(27)10-9-16(6-3)8-5-2/h4-10,12-13,15,20H,11,14H2,1-3H3,(H,25,28)(H,26,27)/b7-4+,8-5-,10-9+,16-6+/t20-/m0/s1. The van der Waals surface area contributed by atoms with Gasteiger partial charge in [0, 0.05) is 25.1 Å². The molecule has 2 amide bonds. The van der Waals surface area contributed by atoms with Crippen molar-refractivity contribution in [2.24, 2.45) is 0 Å². The number of rotatable bonds is 9. The highest BCUT2D eigenvalue weighted by Crippen LogP contribution is 2.10. The Morgan fingerprint density at radius 1 is 1.00 bits per heavy atom. The highest BCUT2D eigenvalue weighted by Gasteiger charge is 2.20. The minimum atomic E-state index is -0.973. The van der Waals surface area contributed by atoms with E-state index in [1.54, 1.807) is 18.2 Å². The predicted octanol–water partition coefficient (Wildman–Crippen LogP) is 3.76. The molecule has 0 heterocycles. The van der Waals surface area contributed by atoms with Gasteiger partial charge < -0.3 is 10.6 Å². The van der Waals surface area contributed by atoms with Crippen LogP contribution in [0.1, 0.15) is 26.3 Å². The zero-order valence-corrected chi connectivity index (χ0v) is 16.3. The van der Waals surface area contributed by atoms with Crippen LogP contribution < -0.4 is 10.6 Å². The number of hydrogen-bond acceptors (Lipinski definition) is 2. The Morgan fingerprint density at radius 2 is 1.68 bits per heavy atom. The van der Waals surface area contributed by atoms with Crippen LogP contribution in [0, 0.1) is 11.6 Å². The zero-order valence-electron chi connectivity index (χ0n) is 16.3. The monoisotopic (exact) mass is 388 g/mol. The summed E-state index contributed by atoms with van der Waals surface area (Å²) in [6.07, 6.45) is 11.9. The molecule has 2 N–H and O–H groups in total. The fraction of sp³-hybridized carbons (Fsp3) is 0.273. The van der Waals surface area contributed by atoms with Gasteiger partial charge in [-0.15, -0.1) is 0 Å². The highest BCUT2D eigenvalue weighted by atomic mass is 19.1. The second-order valence-electron chi connectivity index (χ2n) is 5.98. The van der Waals surface area contributed by atoms with Crippen LogP contribution in [0.4, 0.5) is 8.78 Å². The molecule has 6 heteroatoms. The van der Waals surface area contributed by atoms with Gasteiger partial charge in [0.25, 0.3) is 0 Å². The number of nitrogens with one attached hydrogen (secondary N) is 2. The first-order valence-electron chi connectivity index (χ1n) is 9.01. The largest absolute Gasteiger partial charge is 0.351 e. The fourth-order valence-corrected chi connectivity index (χ4v) is 2.41. The molecule has 0 aliphatic rings. The third kappa shape index (κ3) is 8.58. The maximum absolute atomic E-state index is 13.5. The molecule has 4 nitrogen and oxygen atoms in total. The Morgan fingerprint density at radius 3 is 2.25 bits per heavy atom. The van der Waals surface area contributed by atoms with E-state index in [1.165, 1.54) is 6.08 Å². The lowest BCUT2D eigenvalue weighted by Gasteiger charge is -2.17. The summed E-state index contributed by atoms with van der Waals surface area (Å²) in [4.78, 5) is 24.7. The minimum Gasteiger partial charge on any atom is -0.351 e. The molecule has 1 aromatic carbocycles. The molecule has 0 radical (unpaired) electrons. The first kappa shape index (κ1) is 23.0. The average Bonchev–Trinajstić information content (AvgIpc) is 2.63. The number of carbonyl (C=O) groups is 2. The van der Waals surface area contributed by atoms with Crippen molar-refractivity contribution in [1.82, 2.24) is 10.6 Å². The van der Waals surface area contributed by atoms with Gasteiger partial charge >= 0.3 is 0 Å². The minimum absolute atomic E-state index is 0.0404. The third-order valence-electron chi connectivity index (χ3n) is 3.74. The lowest BCUT2D eigenvalue weighted by Crippen LogP contribution is -2.47. The first-order chi connectivity index (χ1) is 13.4. The molecule has 150 valence electrons. The van der Waals surface area contributed by atoms with E-state index >= 15 is 0 Å². The molecule has 1 rings (SSSR count). The topological polar surface area (TPSA) is 58.2 Å². The Bertz CT molecular complexity index is 775. The molecule has 1 aromatic rings. The van der Waals surface area contributed by atoms with Crippen LogP contribution in [0.3, 0.4) is 0 Å². The van der Waals surface area contributed by atoms with Gasteiger partial charge in [-0.1, -0.05) is 30.4 Å². The van der Waals surface area contributed by atoms with Crippen molar-refractivity contribution in [3.05, 3.63) is 83.5 Å². The molecule has 0 aromatic heterocycles. The summed E-state index contributed by atoms with van der Waals surface area (Å²) in [6.45, 7) is 5.81. The van der Waals surface area contributed by atoms with E-state index in [4.69, 9.17) is 0 Å². The number of hydrogen-bond donors (Lipinski definition) is 2. The van der Waals surface area contributed by atoms with Gasteiger partial charge in [-0.25, -0.2) is 8.78 Å². The van der Waals surface area contributed by atoms with Gasteiger partial charge in [-0.2, -0.15) is 0 Å². The van der Waals surface area contributed by atoms with Crippen LogP contribution in [0.5, 0.6) is 0 Å². The maximum atomic E-state index is 13.5. The van der Waals surface area contributed by atoms with Crippen LogP contribution in [0.25, 0.3) is 0 Å². The Labute approximate surface area is 164 Å². The highest BCUT2D eigenvalue weighted by molar-refractivity contribution is 5.93. The summed E-state index contributed by atoms with van der Waals surface area (Å²) in [6, 6.07) is 2.06. The average molecular weight is 388 g/mol. The van der Waals surface area contributed by atoms with Crippen molar-refractivity contribution in [2.75, 3.05) is 6.54 Å². The lowest BCUT2D eigenvalue weighted by molar-refractivity contribution is -0.126. The molecule has 0 spiro atoms. The smallest absolute Gasteiger partial charge is 0.244 e. The second kappa shape index (κ2) is 12.4. The fourth-order valence-electron chi connectivity index (χ4n) is 2.41. The van der Waals surface area contributed by atoms with Gasteiger partial charge in [0.1, 0.15) is 17.7 Å². The molecule has 28 heavy (non-hydrogen) atoms. The summed E-state index contributed by atoms with van der Waals surface area (Å²) in [5, 5.41) is 5.25. The lowest BCUT2D eigenvalue weighted by atomic mass is 10.0. The van der Waals surface area contributed by atoms with Gasteiger partial charge in [0.05, 0.1) is 0 Å². The van der Waals surface area contributed by atoms with E-state index in [-0.39, 0.29) is 12.0 Å². The van der Waals surface area contributed by atoms with Crippen molar-refractivity contribution in [3.63, 3.8) is 0 Å². The number of carbonyl (C=O) groups excluding carboxylic acids is 2. The second-order valence-corrected chi connectivity index (χ2v) is 5.98. The normalized spacial score (nSPS) is 13.4. The summed E-state index contributed by atoms with van der Waals surface area (Å²) in [5.74, 6) is -2.40. The first-order valence-corrected chi connectivity index (χ1v) is 9.01. The number of allylic oxidation sites excluding steroid dienone is 6. The SMILES string of the molecule is C\C=C/C(/C=C/C(=O)N[C@@H](Cc1cc(F)cc(F)c1)C(=O)NC/C=C/C)=C\C. The predicted molar refractivity (Wildman–Crippen MR) is 108 cm³/mol. The van der Waals surface area contributed by atoms with Crippen molar-refractivity contribution in [1.29, 1.82) is 0 Å². The molecular weight excluding hydrogens is 362 g/mol. The molecule has 0 saturated carbocycles. The Kier molecular flexibility index (Phi) is 10.2. The van der Waals surface area contributed by atoms with E-state index in [2.05, 4.69) is 10.6 Å². The van der Waals surface area contributed by atoms with Crippen LogP contribution in [-0.4, -0.2) is 24.4 Å². The van der Waals surface area contributed by atoms with Crippen molar-refractivity contribution in [3.8, 4) is 0 Å². The number of halogens is 2. The van der Waals surface area contributed by atoms with Crippen molar-refractivity contribution >= 4 is 11.8 Å². The summed E-state index contributed by atoms with van der Waals surface area (Å²) >= 11 is 0. The molecule has 1 atom stereocenters. The van der Waals surface area contributed by atoms with E-state index in [1.807, 2.05) is 39.0 Å².